The Kier molecular flexibility index (Phi) is 7.48. The van der Waals surface area contributed by atoms with Crippen LogP contribution in [-0.2, 0) is 26.1 Å². The lowest BCUT2D eigenvalue weighted by Gasteiger charge is -2.32. The number of carbonyl (C=O) groups is 2. The molecule has 3 rings (SSSR count). The van der Waals surface area contributed by atoms with Crippen LogP contribution in [0.1, 0.15) is 15.9 Å². The van der Waals surface area contributed by atoms with Crippen LogP contribution < -0.4 is 10.0 Å². The summed E-state index contributed by atoms with van der Waals surface area (Å²) in [5.74, 6) is -0.321. The van der Waals surface area contributed by atoms with Gasteiger partial charge in [0.15, 0.2) is 0 Å². The number of nitrogens with zero attached hydrogens (tertiary/aromatic N) is 1. The summed E-state index contributed by atoms with van der Waals surface area (Å²) in [6, 6.07) is 15.5. The number of hydrogen-bond donors (Lipinski definition) is 2. The summed E-state index contributed by atoms with van der Waals surface area (Å²) in [6.07, 6.45) is 0.282. The Bertz CT molecular complexity index is 996. The van der Waals surface area contributed by atoms with Crippen LogP contribution in [-0.4, -0.2) is 63.9 Å². The Balaban J connectivity index is 1.45. The summed E-state index contributed by atoms with van der Waals surface area (Å²) in [5, 5.41) is 2.77. The van der Waals surface area contributed by atoms with Crippen LogP contribution >= 0.6 is 0 Å². The van der Waals surface area contributed by atoms with E-state index in [1.807, 2.05) is 30.3 Å². The van der Waals surface area contributed by atoms with Gasteiger partial charge in [-0.05, 0) is 29.8 Å². The Labute approximate surface area is 181 Å². The smallest absolute Gasteiger partial charge is 0.410 e. The third kappa shape index (κ3) is 7.26. The summed E-state index contributed by atoms with van der Waals surface area (Å²) in [5.41, 5.74) is 1.67. The molecule has 0 radical (unpaired) electrons. The first kappa shape index (κ1) is 22.6. The molecule has 0 saturated carbocycles. The highest BCUT2D eigenvalue weighted by atomic mass is 32.2. The van der Waals surface area contributed by atoms with E-state index in [2.05, 4.69) is 10.0 Å². The summed E-state index contributed by atoms with van der Waals surface area (Å²) >= 11 is 0. The fraction of sp³-hybridized carbons (Fsp3) is 0.333. The van der Waals surface area contributed by atoms with E-state index in [1.54, 1.807) is 4.90 Å². The highest BCUT2D eigenvalue weighted by Crippen LogP contribution is 2.12. The molecule has 2 amide bonds. The summed E-state index contributed by atoms with van der Waals surface area (Å²) in [6.45, 7) is 1.51. The Hall–Kier alpha value is -3.11. The van der Waals surface area contributed by atoms with Gasteiger partial charge in [0.1, 0.15) is 6.61 Å². The van der Waals surface area contributed by atoms with E-state index >= 15 is 0 Å². The Morgan fingerprint density at radius 3 is 2.52 bits per heavy atom. The van der Waals surface area contributed by atoms with Gasteiger partial charge in [0.2, 0.25) is 10.0 Å². The van der Waals surface area contributed by atoms with Gasteiger partial charge in [-0.15, -0.1) is 0 Å². The standard InChI is InChI=1S/C21H25N3O6S/c1-31(27,28)23-18-9-7-17(8-10-18)20(25)22-13-19-14-24(11-12-29-19)21(26)30-15-16-5-3-2-4-6-16/h2-10,19,23H,11-15H2,1H3,(H,22,25). The molecule has 2 N–H and O–H groups in total. The van der Waals surface area contributed by atoms with Crippen molar-refractivity contribution in [3.05, 3.63) is 65.7 Å². The lowest BCUT2D eigenvalue weighted by molar-refractivity contribution is -0.0263. The number of rotatable bonds is 7. The molecule has 0 aromatic heterocycles. The maximum atomic E-state index is 12.3. The zero-order valence-electron chi connectivity index (χ0n) is 17.1. The lowest BCUT2D eigenvalue weighted by atomic mass is 10.2. The first-order valence-electron chi connectivity index (χ1n) is 9.73. The van der Waals surface area contributed by atoms with E-state index in [4.69, 9.17) is 9.47 Å². The molecule has 1 fully saturated rings. The molecular formula is C21H25N3O6S. The molecule has 1 aliphatic heterocycles. The van der Waals surface area contributed by atoms with E-state index in [1.165, 1.54) is 24.3 Å². The topological polar surface area (TPSA) is 114 Å². The molecule has 1 saturated heterocycles. The first-order chi connectivity index (χ1) is 14.8. The predicted molar refractivity (Wildman–Crippen MR) is 115 cm³/mol. The van der Waals surface area contributed by atoms with Crippen LogP contribution in [0.25, 0.3) is 0 Å². The maximum absolute atomic E-state index is 12.3. The van der Waals surface area contributed by atoms with Gasteiger partial charge in [-0.3, -0.25) is 9.52 Å². The number of benzene rings is 2. The molecule has 0 aliphatic carbocycles. The van der Waals surface area contributed by atoms with Gasteiger partial charge in [-0.2, -0.15) is 0 Å². The number of morpholine rings is 1. The van der Waals surface area contributed by atoms with E-state index in [0.29, 0.717) is 30.9 Å². The second-order valence-corrected chi connectivity index (χ2v) is 8.89. The molecule has 31 heavy (non-hydrogen) atoms. The number of hydrogen-bond acceptors (Lipinski definition) is 6. The van der Waals surface area contributed by atoms with Crippen molar-refractivity contribution in [2.45, 2.75) is 12.7 Å². The van der Waals surface area contributed by atoms with E-state index in [0.717, 1.165) is 11.8 Å². The Morgan fingerprint density at radius 1 is 1.13 bits per heavy atom. The minimum absolute atomic E-state index is 0.197. The third-order valence-electron chi connectivity index (χ3n) is 4.54. The normalized spacial score (nSPS) is 16.4. The van der Waals surface area contributed by atoms with Crippen LogP contribution in [0.2, 0.25) is 0 Å². The van der Waals surface area contributed by atoms with Gasteiger partial charge < -0.3 is 19.7 Å². The van der Waals surface area contributed by atoms with Crippen molar-refractivity contribution in [3.8, 4) is 0 Å². The fourth-order valence-corrected chi connectivity index (χ4v) is 3.60. The molecule has 0 spiro atoms. The molecule has 2 aromatic carbocycles. The largest absolute Gasteiger partial charge is 0.445 e. The second-order valence-electron chi connectivity index (χ2n) is 7.14. The van der Waals surface area contributed by atoms with Crippen molar-refractivity contribution >= 4 is 27.7 Å². The number of sulfonamides is 1. The van der Waals surface area contributed by atoms with Crippen LogP contribution in [0, 0.1) is 0 Å². The van der Waals surface area contributed by atoms with Gasteiger partial charge in [-0.25, -0.2) is 13.2 Å². The number of ether oxygens (including phenoxy) is 2. The first-order valence-corrected chi connectivity index (χ1v) is 11.6. The molecule has 166 valence electrons. The van der Waals surface area contributed by atoms with Gasteiger partial charge in [0.05, 0.1) is 25.5 Å². The number of anilines is 1. The second kappa shape index (κ2) is 10.3. The van der Waals surface area contributed by atoms with Gasteiger partial charge in [0.25, 0.3) is 5.91 Å². The number of amides is 2. The summed E-state index contributed by atoms with van der Waals surface area (Å²) in [7, 11) is -3.38. The molecule has 2 aromatic rings. The van der Waals surface area contributed by atoms with E-state index in [-0.39, 0.29) is 25.2 Å². The van der Waals surface area contributed by atoms with Crippen LogP contribution in [0.4, 0.5) is 10.5 Å². The van der Waals surface area contributed by atoms with Crippen molar-refractivity contribution in [1.82, 2.24) is 10.2 Å². The van der Waals surface area contributed by atoms with Crippen molar-refractivity contribution in [1.29, 1.82) is 0 Å². The molecule has 1 aliphatic rings. The molecular weight excluding hydrogens is 422 g/mol. The van der Waals surface area contributed by atoms with E-state index in [9.17, 15) is 18.0 Å². The molecule has 1 atom stereocenters. The van der Waals surface area contributed by atoms with E-state index < -0.39 is 16.1 Å². The van der Waals surface area contributed by atoms with Gasteiger partial charge in [0, 0.05) is 24.3 Å². The molecule has 0 bridgehead atoms. The lowest BCUT2D eigenvalue weighted by Crippen LogP contribution is -2.49. The molecule has 9 nitrogen and oxygen atoms in total. The number of nitrogens with one attached hydrogen (secondary N) is 2. The average molecular weight is 448 g/mol. The summed E-state index contributed by atoms with van der Waals surface area (Å²) in [4.78, 5) is 26.2. The highest BCUT2D eigenvalue weighted by Gasteiger charge is 2.25. The van der Waals surface area contributed by atoms with Crippen molar-refractivity contribution in [2.75, 3.05) is 37.2 Å². The van der Waals surface area contributed by atoms with Gasteiger partial charge in [-0.1, -0.05) is 30.3 Å². The zero-order chi connectivity index (χ0) is 22.3. The van der Waals surface area contributed by atoms with Crippen molar-refractivity contribution in [3.63, 3.8) is 0 Å². The summed E-state index contributed by atoms with van der Waals surface area (Å²) < 4.78 is 35.8. The van der Waals surface area contributed by atoms with Crippen LogP contribution in [0.5, 0.6) is 0 Å². The minimum Gasteiger partial charge on any atom is -0.445 e. The van der Waals surface area contributed by atoms with Crippen LogP contribution in [0.15, 0.2) is 54.6 Å². The van der Waals surface area contributed by atoms with Crippen molar-refractivity contribution < 1.29 is 27.5 Å². The molecule has 1 unspecified atom stereocenters. The molecule has 10 heteroatoms. The van der Waals surface area contributed by atoms with Gasteiger partial charge >= 0.3 is 6.09 Å². The van der Waals surface area contributed by atoms with Crippen LogP contribution in [0.3, 0.4) is 0 Å². The van der Waals surface area contributed by atoms with Crippen molar-refractivity contribution in [2.24, 2.45) is 0 Å². The quantitative estimate of drug-likeness (QED) is 0.669. The molecule has 1 heterocycles. The fourth-order valence-electron chi connectivity index (χ4n) is 3.03. The monoisotopic (exact) mass is 447 g/mol. The third-order valence-corrected chi connectivity index (χ3v) is 5.15. The zero-order valence-corrected chi connectivity index (χ0v) is 17.9. The SMILES string of the molecule is CS(=O)(=O)Nc1ccc(C(=O)NCC2CN(C(=O)OCc3ccccc3)CCO2)cc1. The highest BCUT2D eigenvalue weighted by molar-refractivity contribution is 7.92. The maximum Gasteiger partial charge on any atom is 0.410 e. The number of carbonyl (C=O) groups excluding carboxylic acids is 2. The average Bonchev–Trinajstić information content (AvgIpc) is 2.76. The Morgan fingerprint density at radius 2 is 1.84 bits per heavy atom. The predicted octanol–water partition coefficient (Wildman–Crippen LogP) is 1.83. The minimum atomic E-state index is -3.38.